The standard InChI is InChI=1S/C18H30N4O3S.C2HF3O2/c1-16-5-4-6-17(15-16)26(24,25)22(14-13-20(2)3)10-7-18(23)21-11-8-19-9-12-21;3-2(4,5)1(6)7/h4-6,15,19H,7-14H2,1-3H3;(H,6,7). The van der Waals surface area contributed by atoms with Crippen molar-refractivity contribution in [2.24, 2.45) is 0 Å². The van der Waals surface area contributed by atoms with Gasteiger partial charge >= 0.3 is 12.1 Å². The second-order valence-corrected chi connectivity index (χ2v) is 9.65. The smallest absolute Gasteiger partial charge is 0.475 e. The van der Waals surface area contributed by atoms with Gasteiger partial charge in [0.1, 0.15) is 0 Å². The summed E-state index contributed by atoms with van der Waals surface area (Å²) >= 11 is 0. The zero-order valence-corrected chi connectivity index (χ0v) is 19.7. The predicted octanol–water partition coefficient (Wildman–Crippen LogP) is 1.00. The quantitative estimate of drug-likeness (QED) is 0.553. The first-order chi connectivity index (χ1) is 15.2. The number of sulfonamides is 1. The first-order valence-corrected chi connectivity index (χ1v) is 11.7. The molecule has 1 heterocycles. The molecule has 1 aliphatic heterocycles. The number of carbonyl (C=O) groups excluding carboxylic acids is 1. The number of nitrogens with zero attached hydrogens (tertiary/aromatic N) is 3. The Kier molecular flexibility index (Phi) is 11.2. The van der Waals surface area contributed by atoms with Gasteiger partial charge in [-0.3, -0.25) is 4.79 Å². The highest BCUT2D eigenvalue weighted by molar-refractivity contribution is 7.89. The molecule has 1 aromatic rings. The highest BCUT2D eigenvalue weighted by Gasteiger charge is 2.38. The van der Waals surface area contributed by atoms with Crippen molar-refractivity contribution in [3.8, 4) is 0 Å². The highest BCUT2D eigenvalue weighted by Crippen LogP contribution is 2.18. The monoisotopic (exact) mass is 496 g/mol. The van der Waals surface area contributed by atoms with Crippen LogP contribution in [0.25, 0.3) is 0 Å². The lowest BCUT2D eigenvalue weighted by atomic mass is 10.2. The van der Waals surface area contributed by atoms with Gasteiger partial charge in [-0.2, -0.15) is 17.5 Å². The zero-order chi connectivity index (χ0) is 25.2. The van der Waals surface area contributed by atoms with Crippen molar-refractivity contribution in [1.82, 2.24) is 19.4 Å². The molecule has 0 bridgehead atoms. The zero-order valence-electron chi connectivity index (χ0n) is 18.9. The number of amides is 1. The molecule has 0 radical (unpaired) electrons. The fourth-order valence-electron chi connectivity index (χ4n) is 2.88. The minimum Gasteiger partial charge on any atom is -0.475 e. The van der Waals surface area contributed by atoms with Gasteiger partial charge in [0, 0.05) is 52.2 Å². The van der Waals surface area contributed by atoms with Crippen LogP contribution in [0.3, 0.4) is 0 Å². The third kappa shape index (κ3) is 10.1. The molecule has 1 aromatic carbocycles. The molecule has 13 heteroatoms. The number of piperazine rings is 1. The SMILES string of the molecule is Cc1cccc(S(=O)(=O)N(CCC(=O)N2CCNCC2)CCN(C)C)c1.O=C(O)C(F)(F)F. The van der Waals surface area contributed by atoms with Gasteiger partial charge in [-0.05, 0) is 38.7 Å². The van der Waals surface area contributed by atoms with Crippen LogP contribution in [0.2, 0.25) is 0 Å². The van der Waals surface area contributed by atoms with Crippen molar-refractivity contribution < 1.29 is 36.3 Å². The average Bonchev–Trinajstić information content (AvgIpc) is 2.73. The second-order valence-electron chi connectivity index (χ2n) is 7.71. The molecule has 1 saturated heterocycles. The number of halogens is 3. The molecule has 0 atom stereocenters. The fourth-order valence-corrected chi connectivity index (χ4v) is 4.42. The van der Waals surface area contributed by atoms with Crippen molar-refractivity contribution in [2.45, 2.75) is 24.4 Å². The van der Waals surface area contributed by atoms with E-state index in [4.69, 9.17) is 9.90 Å². The molecule has 9 nitrogen and oxygen atoms in total. The molecule has 188 valence electrons. The number of likely N-dealkylation sites (N-methyl/N-ethyl adjacent to an activating group) is 1. The number of nitrogens with one attached hydrogen (secondary N) is 1. The molecule has 0 unspecified atom stereocenters. The van der Waals surface area contributed by atoms with E-state index < -0.39 is 22.2 Å². The lowest BCUT2D eigenvalue weighted by Gasteiger charge is -2.29. The number of carboxylic acids is 1. The molecule has 0 saturated carbocycles. The Bertz CT molecular complexity index is 888. The highest BCUT2D eigenvalue weighted by atomic mass is 32.2. The van der Waals surface area contributed by atoms with Gasteiger partial charge < -0.3 is 20.2 Å². The molecular formula is C20H31F3N4O5S. The topological polar surface area (TPSA) is 110 Å². The molecule has 0 aliphatic carbocycles. The van der Waals surface area contributed by atoms with Crippen LogP contribution in [-0.2, 0) is 19.6 Å². The molecule has 1 aliphatic rings. The number of benzene rings is 1. The summed E-state index contributed by atoms with van der Waals surface area (Å²) in [7, 11) is 0.190. The summed E-state index contributed by atoms with van der Waals surface area (Å²) in [5, 5.41) is 10.3. The van der Waals surface area contributed by atoms with Crippen LogP contribution in [-0.4, -0.2) is 106 Å². The average molecular weight is 497 g/mol. The van der Waals surface area contributed by atoms with Crippen molar-refractivity contribution in [1.29, 1.82) is 0 Å². The summed E-state index contributed by atoms with van der Waals surface area (Å²) in [5.74, 6) is -2.74. The Morgan fingerprint density at radius 3 is 2.18 bits per heavy atom. The number of rotatable bonds is 8. The van der Waals surface area contributed by atoms with E-state index in [1.54, 1.807) is 23.1 Å². The summed E-state index contributed by atoms with van der Waals surface area (Å²) in [5.41, 5.74) is 0.899. The Labute approximate surface area is 192 Å². The largest absolute Gasteiger partial charge is 0.490 e. The van der Waals surface area contributed by atoms with E-state index in [2.05, 4.69) is 5.32 Å². The molecule has 1 fully saturated rings. The van der Waals surface area contributed by atoms with Gasteiger partial charge in [0.15, 0.2) is 0 Å². The normalized spacial score (nSPS) is 14.7. The van der Waals surface area contributed by atoms with E-state index in [-0.39, 0.29) is 23.8 Å². The number of alkyl halides is 3. The van der Waals surface area contributed by atoms with Crippen molar-refractivity contribution in [3.63, 3.8) is 0 Å². The maximum Gasteiger partial charge on any atom is 0.490 e. The number of carboxylic acid groups (broad SMARTS) is 1. The summed E-state index contributed by atoms with van der Waals surface area (Å²) < 4.78 is 59.3. The van der Waals surface area contributed by atoms with Crippen molar-refractivity contribution in [2.75, 3.05) is 59.9 Å². The third-order valence-corrected chi connectivity index (χ3v) is 6.61. The summed E-state index contributed by atoms with van der Waals surface area (Å²) in [6.07, 6.45) is -4.88. The van der Waals surface area contributed by atoms with Gasteiger partial charge in [0.2, 0.25) is 15.9 Å². The Hall–Kier alpha value is -2.22. The Morgan fingerprint density at radius 2 is 1.70 bits per heavy atom. The van der Waals surface area contributed by atoms with Crippen LogP contribution in [0.15, 0.2) is 29.2 Å². The van der Waals surface area contributed by atoms with E-state index in [9.17, 15) is 26.4 Å². The minimum atomic E-state index is -5.08. The molecule has 2 rings (SSSR count). The molecule has 2 N–H and O–H groups in total. The maximum atomic E-state index is 13.1. The Balaban J connectivity index is 0.000000675. The number of hydrogen-bond acceptors (Lipinski definition) is 6. The number of hydrogen-bond donors (Lipinski definition) is 2. The van der Waals surface area contributed by atoms with Gasteiger partial charge in [0.25, 0.3) is 0 Å². The maximum absolute atomic E-state index is 13.1. The first kappa shape index (κ1) is 28.8. The van der Waals surface area contributed by atoms with Gasteiger partial charge in [-0.1, -0.05) is 12.1 Å². The van der Waals surface area contributed by atoms with Crippen LogP contribution in [0.4, 0.5) is 13.2 Å². The van der Waals surface area contributed by atoms with E-state index in [0.717, 1.165) is 18.7 Å². The minimum absolute atomic E-state index is 0.0146. The molecule has 33 heavy (non-hydrogen) atoms. The predicted molar refractivity (Wildman–Crippen MR) is 116 cm³/mol. The number of aryl methyl sites for hydroxylation is 1. The summed E-state index contributed by atoms with van der Waals surface area (Å²) in [4.78, 5) is 25.4. The van der Waals surface area contributed by atoms with Gasteiger partial charge in [0.05, 0.1) is 4.90 Å². The first-order valence-electron chi connectivity index (χ1n) is 10.3. The third-order valence-electron chi connectivity index (χ3n) is 4.71. The van der Waals surface area contributed by atoms with Crippen LogP contribution >= 0.6 is 0 Å². The van der Waals surface area contributed by atoms with Gasteiger partial charge in [-0.25, -0.2) is 13.2 Å². The lowest BCUT2D eigenvalue weighted by molar-refractivity contribution is -0.192. The van der Waals surface area contributed by atoms with Crippen molar-refractivity contribution in [3.05, 3.63) is 29.8 Å². The van der Waals surface area contributed by atoms with E-state index in [1.807, 2.05) is 32.0 Å². The number of carbonyl (C=O) groups is 2. The molecular weight excluding hydrogens is 465 g/mol. The van der Waals surface area contributed by atoms with E-state index >= 15 is 0 Å². The number of aliphatic carboxylic acids is 1. The van der Waals surface area contributed by atoms with Gasteiger partial charge in [-0.15, -0.1) is 0 Å². The van der Waals surface area contributed by atoms with E-state index in [1.165, 1.54) is 4.31 Å². The van der Waals surface area contributed by atoms with Crippen LogP contribution in [0.5, 0.6) is 0 Å². The summed E-state index contributed by atoms with van der Waals surface area (Å²) in [6.45, 7) is 5.98. The van der Waals surface area contributed by atoms with Crippen LogP contribution in [0.1, 0.15) is 12.0 Å². The van der Waals surface area contributed by atoms with Crippen molar-refractivity contribution >= 4 is 21.9 Å². The molecule has 0 spiro atoms. The molecule has 0 aromatic heterocycles. The molecule has 1 amide bonds. The lowest BCUT2D eigenvalue weighted by Crippen LogP contribution is -2.47. The summed E-state index contributed by atoms with van der Waals surface area (Å²) in [6, 6.07) is 6.91. The van der Waals surface area contributed by atoms with Crippen LogP contribution < -0.4 is 5.32 Å². The van der Waals surface area contributed by atoms with Crippen LogP contribution in [0, 0.1) is 6.92 Å². The Morgan fingerprint density at radius 1 is 1.12 bits per heavy atom. The van der Waals surface area contributed by atoms with E-state index in [0.29, 0.717) is 26.2 Å². The second kappa shape index (κ2) is 12.9. The fraction of sp³-hybridized carbons (Fsp3) is 0.600.